The first kappa shape index (κ1) is 17.5. The van der Waals surface area contributed by atoms with Gasteiger partial charge in [0.25, 0.3) is 5.91 Å². The van der Waals surface area contributed by atoms with Crippen molar-refractivity contribution in [3.8, 4) is 5.75 Å². The molecule has 0 saturated carbocycles. The molecular formula is C22H22N2O2. The molecule has 0 radical (unpaired) electrons. The SMILES string of the molecule is Cc1cccc(OC(C)C(=O)Nc2ccc(Nc3ccccc3)cc2)c1. The number of amides is 1. The first-order chi connectivity index (χ1) is 12.6. The van der Waals surface area contributed by atoms with E-state index in [2.05, 4.69) is 10.6 Å². The number of aryl methyl sites for hydroxylation is 1. The maximum atomic E-state index is 12.3. The average Bonchev–Trinajstić information content (AvgIpc) is 2.64. The van der Waals surface area contributed by atoms with E-state index < -0.39 is 6.10 Å². The molecule has 0 bridgehead atoms. The molecule has 0 spiro atoms. The minimum atomic E-state index is -0.584. The summed E-state index contributed by atoms with van der Waals surface area (Å²) in [5, 5.41) is 6.18. The van der Waals surface area contributed by atoms with Gasteiger partial charge >= 0.3 is 0 Å². The van der Waals surface area contributed by atoms with Crippen LogP contribution in [0.2, 0.25) is 0 Å². The van der Waals surface area contributed by atoms with E-state index in [1.165, 1.54) is 0 Å². The quantitative estimate of drug-likeness (QED) is 0.649. The van der Waals surface area contributed by atoms with Crippen LogP contribution >= 0.6 is 0 Å². The molecule has 0 fully saturated rings. The van der Waals surface area contributed by atoms with Crippen LogP contribution in [0.25, 0.3) is 0 Å². The van der Waals surface area contributed by atoms with E-state index in [0.29, 0.717) is 5.75 Å². The Bertz CT molecular complexity index is 861. The normalized spacial score (nSPS) is 11.5. The molecule has 0 heterocycles. The van der Waals surface area contributed by atoms with Crippen LogP contribution in [0.15, 0.2) is 78.9 Å². The maximum Gasteiger partial charge on any atom is 0.265 e. The number of rotatable bonds is 6. The fourth-order valence-corrected chi connectivity index (χ4v) is 2.52. The second-order valence-corrected chi connectivity index (χ2v) is 6.13. The number of carbonyl (C=O) groups excluding carboxylic acids is 1. The smallest absolute Gasteiger partial charge is 0.265 e. The van der Waals surface area contributed by atoms with E-state index in [0.717, 1.165) is 22.6 Å². The van der Waals surface area contributed by atoms with Crippen molar-refractivity contribution in [2.24, 2.45) is 0 Å². The molecule has 0 aliphatic rings. The number of para-hydroxylation sites is 1. The number of carbonyl (C=O) groups is 1. The van der Waals surface area contributed by atoms with Crippen molar-refractivity contribution < 1.29 is 9.53 Å². The predicted octanol–water partition coefficient (Wildman–Crippen LogP) is 5.14. The first-order valence-electron chi connectivity index (χ1n) is 8.56. The molecule has 132 valence electrons. The minimum absolute atomic E-state index is 0.185. The highest BCUT2D eigenvalue weighted by atomic mass is 16.5. The van der Waals surface area contributed by atoms with Crippen molar-refractivity contribution in [3.05, 3.63) is 84.4 Å². The summed E-state index contributed by atoms with van der Waals surface area (Å²) in [6.07, 6.45) is -0.584. The van der Waals surface area contributed by atoms with Crippen LogP contribution in [0.1, 0.15) is 12.5 Å². The van der Waals surface area contributed by atoms with Crippen LogP contribution < -0.4 is 15.4 Å². The maximum absolute atomic E-state index is 12.3. The van der Waals surface area contributed by atoms with Gasteiger partial charge in [-0.3, -0.25) is 4.79 Å². The van der Waals surface area contributed by atoms with Crippen LogP contribution in [-0.2, 0) is 4.79 Å². The van der Waals surface area contributed by atoms with E-state index in [1.54, 1.807) is 6.92 Å². The molecule has 26 heavy (non-hydrogen) atoms. The van der Waals surface area contributed by atoms with Crippen molar-refractivity contribution >= 4 is 23.0 Å². The van der Waals surface area contributed by atoms with Crippen LogP contribution in [-0.4, -0.2) is 12.0 Å². The topological polar surface area (TPSA) is 50.4 Å². The third-order valence-corrected chi connectivity index (χ3v) is 3.89. The van der Waals surface area contributed by atoms with E-state index in [4.69, 9.17) is 4.74 Å². The Balaban J connectivity index is 1.57. The van der Waals surface area contributed by atoms with Crippen molar-refractivity contribution in [1.29, 1.82) is 0 Å². The number of hydrogen-bond donors (Lipinski definition) is 2. The van der Waals surface area contributed by atoms with Crippen LogP contribution in [0.3, 0.4) is 0 Å². The lowest BCUT2D eigenvalue weighted by Crippen LogP contribution is -2.30. The zero-order chi connectivity index (χ0) is 18.4. The molecule has 1 atom stereocenters. The molecule has 1 unspecified atom stereocenters. The lowest BCUT2D eigenvalue weighted by atomic mass is 10.2. The average molecular weight is 346 g/mol. The highest BCUT2D eigenvalue weighted by Crippen LogP contribution is 2.19. The Morgan fingerprint density at radius 1 is 0.846 bits per heavy atom. The van der Waals surface area contributed by atoms with Gasteiger partial charge in [0.1, 0.15) is 5.75 Å². The van der Waals surface area contributed by atoms with Crippen LogP contribution in [0.5, 0.6) is 5.75 Å². The van der Waals surface area contributed by atoms with Crippen molar-refractivity contribution in [3.63, 3.8) is 0 Å². The highest BCUT2D eigenvalue weighted by Gasteiger charge is 2.14. The molecule has 2 N–H and O–H groups in total. The first-order valence-corrected chi connectivity index (χ1v) is 8.56. The second kappa shape index (κ2) is 8.21. The summed E-state index contributed by atoms with van der Waals surface area (Å²) < 4.78 is 5.71. The Morgan fingerprint density at radius 2 is 1.50 bits per heavy atom. The third kappa shape index (κ3) is 4.86. The standard InChI is InChI=1S/C22H22N2O2/c1-16-7-6-10-21(15-16)26-17(2)22(25)24-20-13-11-19(12-14-20)23-18-8-4-3-5-9-18/h3-15,17,23H,1-2H3,(H,24,25). The predicted molar refractivity (Wildman–Crippen MR) is 106 cm³/mol. The summed E-state index contributed by atoms with van der Waals surface area (Å²) in [6.45, 7) is 3.73. The molecule has 3 aromatic carbocycles. The molecule has 0 aliphatic heterocycles. The molecule has 0 aromatic heterocycles. The van der Waals surface area contributed by atoms with E-state index >= 15 is 0 Å². The van der Waals surface area contributed by atoms with Gasteiger partial charge in [-0.2, -0.15) is 0 Å². The summed E-state index contributed by atoms with van der Waals surface area (Å²) in [7, 11) is 0. The van der Waals surface area contributed by atoms with Gasteiger partial charge in [-0.15, -0.1) is 0 Å². The zero-order valence-electron chi connectivity index (χ0n) is 14.9. The van der Waals surface area contributed by atoms with Crippen molar-refractivity contribution in [1.82, 2.24) is 0 Å². The number of benzene rings is 3. The third-order valence-electron chi connectivity index (χ3n) is 3.89. The van der Waals surface area contributed by atoms with Crippen molar-refractivity contribution in [2.45, 2.75) is 20.0 Å². The van der Waals surface area contributed by atoms with Crippen molar-refractivity contribution in [2.75, 3.05) is 10.6 Å². The van der Waals surface area contributed by atoms with Crippen LogP contribution in [0.4, 0.5) is 17.1 Å². The van der Waals surface area contributed by atoms with E-state index in [-0.39, 0.29) is 5.91 Å². The largest absolute Gasteiger partial charge is 0.481 e. The molecular weight excluding hydrogens is 324 g/mol. The van der Waals surface area contributed by atoms with Gasteiger partial charge in [-0.25, -0.2) is 0 Å². The molecule has 3 rings (SSSR count). The Hall–Kier alpha value is -3.27. The summed E-state index contributed by atoms with van der Waals surface area (Å²) in [4.78, 5) is 12.3. The molecule has 3 aromatic rings. The number of ether oxygens (including phenoxy) is 1. The van der Waals surface area contributed by atoms with Gasteiger partial charge < -0.3 is 15.4 Å². The lowest BCUT2D eigenvalue weighted by molar-refractivity contribution is -0.122. The Labute approximate surface area is 153 Å². The molecule has 1 amide bonds. The van der Waals surface area contributed by atoms with Crippen LogP contribution in [0, 0.1) is 6.92 Å². The second-order valence-electron chi connectivity index (χ2n) is 6.13. The van der Waals surface area contributed by atoms with Gasteiger partial charge in [0, 0.05) is 17.1 Å². The fourth-order valence-electron chi connectivity index (χ4n) is 2.52. The van der Waals surface area contributed by atoms with E-state index in [9.17, 15) is 4.79 Å². The summed E-state index contributed by atoms with van der Waals surface area (Å²) in [5.74, 6) is 0.505. The van der Waals surface area contributed by atoms with Gasteiger partial charge in [-0.05, 0) is 67.9 Å². The number of anilines is 3. The lowest BCUT2D eigenvalue weighted by Gasteiger charge is -2.15. The summed E-state index contributed by atoms with van der Waals surface area (Å²) in [6, 6.07) is 25.2. The molecule has 0 saturated heterocycles. The van der Waals surface area contributed by atoms with Gasteiger partial charge in [0.2, 0.25) is 0 Å². The van der Waals surface area contributed by atoms with Gasteiger partial charge in [-0.1, -0.05) is 30.3 Å². The monoisotopic (exact) mass is 346 g/mol. The minimum Gasteiger partial charge on any atom is -0.481 e. The number of hydrogen-bond acceptors (Lipinski definition) is 3. The van der Waals surface area contributed by atoms with E-state index in [1.807, 2.05) is 85.8 Å². The Kier molecular flexibility index (Phi) is 5.54. The summed E-state index contributed by atoms with van der Waals surface area (Å²) >= 11 is 0. The van der Waals surface area contributed by atoms with Gasteiger partial charge in [0.05, 0.1) is 0 Å². The highest BCUT2D eigenvalue weighted by molar-refractivity contribution is 5.94. The Morgan fingerprint density at radius 3 is 2.19 bits per heavy atom. The zero-order valence-corrected chi connectivity index (χ0v) is 14.9. The molecule has 4 heteroatoms. The summed E-state index contributed by atoms with van der Waals surface area (Å²) in [5.41, 5.74) is 3.80. The molecule has 4 nitrogen and oxygen atoms in total. The molecule has 0 aliphatic carbocycles. The number of nitrogens with one attached hydrogen (secondary N) is 2. The van der Waals surface area contributed by atoms with Gasteiger partial charge in [0.15, 0.2) is 6.10 Å². The fraction of sp³-hybridized carbons (Fsp3) is 0.136.